The Morgan fingerprint density at radius 1 is 1.10 bits per heavy atom. The van der Waals surface area contributed by atoms with Gasteiger partial charge in [0.05, 0.1) is 30.6 Å². The second kappa shape index (κ2) is 8.61. The normalized spacial score (nSPS) is 18.9. The molecule has 1 saturated carbocycles. The van der Waals surface area contributed by atoms with Gasteiger partial charge in [-0.05, 0) is 48.6 Å². The van der Waals surface area contributed by atoms with Gasteiger partial charge in [0, 0.05) is 23.6 Å². The Hall–Kier alpha value is -2.93. The van der Waals surface area contributed by atoms with Crippen molar-refractivity contribution in [3.63, 3.8) is 0 Å². The fourth-order valence-corrected chi connectivity index (χ4v) is 3.86. The number of methoxy groups -OCH3 is 2. The summed E-state index contributed by atoms with van der Waals surface area (Å²) in [5.41, 5.74) is 0.437. The zero-order chi connectivity index (χ0) is 21.1. The van der Waals surface area contributed by atoms with E-state index in [1.807, 2.05) is 12.1 Å². The van der Waals surface area contributed by atoms with Crippen molar-refractivity contribution in [2.24, 2.45) is 5.92 Å². The first-order valence-corrected chi connectivity index (χ1v) is 9.45. The molecule has 8 heteroatoms. The number of hydrogen-bond acceptors (Lipinski definition) is 6. The van der Waals surface area contributed by atoms with Gasteiger partial charge in [-0.2, -0.15) is 0 Å². The predicted octanol–water partition coefficient (Wildman–Crippen LogP) is 4.60. The van der Waals surface area contributed by atoms with Crippen molar-refractivity contribution in [2.45, 2.75) is 25.2 Å². The minimum atomic E-state index is -0.890. The zero-order valence-electron chi connectivity index (χ0n) is 16.0. The van der Waals surface area contributed by atoms with E-state index in [4.69, 9.17) is 21.1 Å². The number of nitro groups is 1. The van der Waals surface area contributed by atoms with Crippen LogP contribution in [0.1, 0.15) is 41.1 Å². The molecule has 0 heterocycles. The number of nitrogens with zero attached hydrogens (tertiary/aromatic N) is 1. The molecule has 0 amide bonds. The van der Waals surface area contributed by atoms with Gasteiger partial charge in [0.15, 0.2) is 5.78 Å². The van der Waals surface area contributed by atoms with E-state index in [9.17, 15) is 19.7 Å². The molecule has 7 nitrogen and oxygen atoms in total. The van der Waals surface area contributed by atoms with Crippen LogP contribution in [0.4, 0.5) is 5.69 Å². The lowest BCUT2D eigenvalue weighted by Crippen LogP contribution is -2.30. The summed E-state index contributed by atoms with van der Waals surface area (Å²) in [6, 6.07) is 9.32. The van der Waals surface area contributed by atoms with Crippen molar-refractivity contribution in [3.05, 3.63) is 62.7 Å². The molecule has 0 aromatic heterocycles. The molecule has 1 aliphatic rings. The largest absolute Gasteiger partial charge is 0.497 e. The predicted molar refractivity (Wildman–Crippen MR) is 107 cm³/mol. The van der Waals surface area contributed by atoms with Gasteiger partial charge in [-0.1, -0.05) is 11.6 Å². The second-order valence-corrected chi connectivity index (χ2v) is 7.36. The zero-order valence-corrected chi connectivity index (χ0v) is 16.8. The second-order valence-electron chi connectivity index (χ2n) is 6.93. The third-order valence-electron chi connectivity index (χ3n) is 5.22. The number of Topliss-reactive ketones (excluding diaryl/α,β-unsaturated/α-hetero) is 2. The molecule has 2 aromatic carbocycles. The molecular formula is C21H20ClNO6. The quantitative estimate of drug-likeness (QED) is 0.295. The van der Waals surface area contributed by atoms with Crippen LogP contribution in [-0.4, -0.2) is 30.7 Å². The fourth-order valence-electron chi connectivity index (χ4n) is 3.69. The van der Waals surface area contributed by atoms with Crippen molar-refractivity contribution in [3.8, 4) is 11.5 Å². The number of carbonyl (C=O) groups is 2. The number of nitro benzene ring substituents is 1. The van der Waals surface area contributed by atoms with Gasteiger partial charge in [0.2, 0.25) is 0 Å². The van der Waals surface area contributed by atoms with E-state index in [-0.39, 0.29) is 34.4 Å². The van der Waals surface area contributed by atoms with Crippen LogP contribution in [0.3, 0.4) is 0 Å². The van der Waals surface area contributed by atoms with E-state index in [2.05, 4.69) is 0 Å². The van der Waals surface area contributed by atoms with E-state index in [0.717, 1.165) is 11.6 Å². The van der Waals surface area contributed by atoms with Crippen molar-refractivity contribution in [2.75, 3.05) is 14.2 Å². The fraction of sp³-hybridized carbons (Fsp3) is 0.333. The Kier molecular flexibility index (Phi) is 6.17. The van der Waals surface area contributed by atoms with Gasteiger partial charge in [0.1, 0.15) is 17.3 Å². The van der Waals surface area contributed by atoms with Crippen LogP contribution in [0.2, 0.25) is 5.02 Å². The Bertz CT molecular complexity index is 951. The van der Waals surface area contributed by atoms with Crippen LogP contribution in [-0.2, 0) is 4.79 Å². The number of rotatable bonds is 6. The number of halogens is 1. The van der Waals surface area contributed by atoms with Gasteiger partial charge in [0.25, 0.3) is 5.69 Å². The molecule has 0 radical (unpaired) electrons. The maximum absolute atomic E-state index is 12.9. The first-order chi connectivity index (χ1) is 13.8. The van der Waals surface area contributed by atoms with E-state index in [1.165, 1.54) is 12.1 Å². The third-order valence-corrected chi connectivity index (χ3v) is 5.46. The van der Waals surface area contributed by atoms with E-state index in [1.54, 1.807) is 20.3 Å². The summed E-state index contributed by atoms with van der Waals surface area (Å²) in [4.78, 5) is 36.3. The molecule has 2 unspecified atom stereocenters. The molecule has 1 aliphatic carbocycles. The smallest absolute Gasteiger partial charge is 0.281 e. The van der Waals surface area contributed by atoms with Crippen LogP contribution in [0, 0.1) is 16.0 Å². The highest BCUT2D eigenvalue weighted by Crippen LogP contribution is 2.39. The van der Waals surface area contributed by atoms with Crippen molar-refractivity contribution in [1.82, 2.24) is 0 Å². The summed E-state index contributed by atoms with van der Waals surface area (Å²) < 4.78 is 10.6. The van der Waals surface area contributed by atoms with Crippen LogP contribution in [0.5, 0.6) is 11.5 Å². The number of hydrogen-bond donors (Lipinski definition) is 0. The molecule has 1 fully saturated rings. The molecule has 2 aromatic rings. The van der Waals surface area contributed by atoms with E-state index < -0.39 is 16.6 Å². The number of ketones is 2. The summed E-state index contributed by atoms with van der Waals surface area (Å²) in [7, 11) is 3.11. The van der Waals surface area contributed by atoms with Gasteiger partial charge < -0.3 is 9.47 Å². The molecule has 0 aliphatic heterocycles. The van der Waals surface area contributed by atoms with Crippen LogP contribution in [0.25, 0.3) is 0 Å². The monoisotopic (exact) mass is 417 g/mol. The van der Waals surface area contributed by atoms with E-state index >= 15 is 0 Å². The Balaban J connectivity index is 1.82. The molecule has 152 valence electrons. The Morgan fingerprint density at radius 3 is 2.31 bits per heavy atom. The van der Waals surface area contributed by atoms with Crippen molar-refractivity contribution >= 4 is 28.9 Å². The number of carbonyl (C=O) groups excluding carboxylic acids is 2. The molecule has 0 spiro atoms. The lowest BCUT2D eigenvalue weighted by atomic mass is 9.75. The molecule has 2 atom stereocenters. The maximum Gasteiger partial charge on any atom is 0.281 e. The van der Waals surface area contributed by atoms with Gasteiger partial charge >= 0.3 is 0 Å². The highest BCUT2D eigenvalue weighted by Gasteiger charge is 2.37. The highest BCUT2D eigenvalue weighted by molar-refractivity contribution is 6.31. The molecule has 0 bridgehead atoms. The summed E-state index contributed by atoms with van der Waals surface area (Å²) in [5, 5.41) is 11.4. The number of ether oxygens (including phenoxy) is 2. The first-order valence-electron chi connectivity index (χ1n) is 9.08. The standard InChI is InChI=1S/C21H20ClNO6/c1-28-15-7-13(8-16(11-15)29-2)12-3-5-18(20(24)9-12)21(25)17-6-4-14(22)10-19(17)23(26)27/h4,6-8,10-12,18H,3,5,9H2,1-2H3. The third kappa shape index (κ3) is 4.40. The molecule has 3 rings (SSSR count). The maximum atomic E-state index is 12.9. The lowest BCUT2D eigenvalue weighted by Gasteiger charge is -2.27. The molecule has 29 heavy (non-hydrogen) atoms. The number of benzene rings is 2. The first kappa shape index (κ1) is 20.8. The average Bonchev–Trinajstić information content (AvgIpc) is 2.72. The minimum absolute atomic E-state index is 0.0734. The lowest BCUT2D eigenvalue weighted by molar-refractivity contribution is -0.385. The van der Waals surface area contributed by atoms with Gasteiger partial charge in [-0.15, -0.1) is 0 Å². The molecule has 0 saturated heterocycles. The topological polar surface area (TPSA) is 95.7 Å². The Labute approximate surface area is 172 Å². The molecule has 0 N–H and O–H groups in total. The molecular weight excluding hydrogens is 398 g/mol. The summed E-state index contributed by atoms with van der Waals surface area (Å²) in [5.74, 6) is -0.463. The summed E-state index contributed by atoms with van der Waals surface area (Å²) in [6.45, 7) is 0. The summed E-state index contributed by atoms with van der Waals surface area (Å²) in [6.07, 6.45) is 1.09. The van der Waals surface area contributed by atoms with Crippen LogP contribution >= 0.6 is 11.6 Å². The highest BCUT2D eigenvalue weighted by atomic mass is 35.5. The van der Waals surface area contributed by atoms with E-state index in [0.29, 0.717) is 24.3 Å². The van der Waals surface area contributed by atoms with Crippen molar-refractivity contribution < 1.29 is 24.0 Å². The van der Waals surface area contributed by atoms with Crippen molar-refractivity contribution in [1.29, 1.82) is 0 Å². The van der Waals surface area contributed by atoms with Crippen LogP contribution in [0.15, 0.2) is 36.4 Å². The van der Waals surface area contributed by atoms with Crippen LogP contribution < -0.4 is 9.47 Å². The van der Waals surface area contributed by atoms with Gasteiger partial charge in [-0.25, -0.2) is 0 Å². The summed E-state index contributed by atoms with van der Waals surface area (Å²) >= 11 is 5.81. The van der Waals surface area contributed by atoms with Gasteiger partial charge in [-0.3, -0.25) is 19.7 Å². The average molecular weight is 418 g/mol. The Morgan fingerprint density at radius 2 is 1.76 bits per heavy atom. The SMILES string of the molecule is COc1cc(OC)cc(C2CCC(C(=O)c3ccc(Cl)cc3[N+](=O)[O-])C(=O)C2)c1. The minimum Gasteiger partial charge on any atom is -0.497 e.